The molecule has 26 heavy (non-hydrogen) atoms. The van der Waals surface area contributed by atoms with Crippen LogP contribution in [-0.4, -0.2) is 15.0 Å². The Kier molecular flexibility index (Phi) is 3.38. The van der Waals surface area contributed by atoms with Crippen molar-refractivity contribution in [3.05, 3.63) is 69.4 Å². The molecule has 1 aliphatic heterocycles. The molecule has 0 radical (unpaired) electrons. The van der Waals surface area contributed by atoms with Crippen LogP contribution in [0.15, 0.2) is 53.0 Å². The minimum absolute atomic E-state index is 0.312. The molecule has 0 spiro atoms. The second-order valence-electron chi connectivity index (χ2n) is 5.96. The number of hydrogen-bond acceptors (Lipinski definition) is 5. The molecule has 7 nitrogen and oxygen atoms in total. The lowest BCUT2D eigenvalue weighted by Gasteiger charge is -2.08. The van der Waals surface area contributed by atoms with Gasteiger partial charge in [-0.3, -0.25) is 0 Å². The maximum absolute atomic E-state index is 8.52. The number of nitrogens with zero attached hydrogens (tertiary/aromatic N) is 6. The fraction of sp³-hybridized carbons (Fsp3) is 0.111. The zero-order valence-electron chi connectivity index (χ0n) is 13.5. The molecule has 0 saturated carbocycles. The van der Waals surface area contributed by atoms with E-state index in [0.29, 0.717) is 13.2 Å². The van der Waals surface area contributed by atoms with Gasteiger partial charge in [-0.1, -0.05) is 28.5 Å². The highest BCUT2D eigenvalue weighted by atomic mass is 32.1. The normalized spacial score (nSPS) is 12.2. The molecule has 0 N–H and O–H groups in total. The van der Waals surface area contributed by atoms with Crippen molar-refractivity contribution < 1.29 is 4.74 Å². The lowest BCUT2D eigenvalue weighted by molar-refractivity contribution is 0.312. The third kappa shape index (κ3) is 2.32. The highest BCUT2D eigenvalue weighted by Gasteiger charge is 2.21. The molecular formula is C18H12N6OS. The Morgan fingerprint density at radius 3 is 3.08 bits per heavy atom. The molecule has 0 aliphatic carbocycles. The summed E-state index contributed by atoms with van der Waals surface area (Å²) < 4.78 is 7.93. The zero-order valence-corrected chi connectivity index (χ0v) is 14.3. The average molecular weight is 360 g/mol. The summed E-state index contributed by atoms with van der Waals surface area (Å²) in [7, 11) is 0. The lowest BCUT2D eigenvalue weighted by atomic mass is 10.1. The van der Waals surface area contributed by atoms with Crippen LogP contribution in [-0.2, 0) is 13.2 Å². The van der Waals surface area contributed by atoms with E-state index in [2.05, 4.69) is 31.8 Å². The first-order valence-electron chi connectivity index (χ1n) is 8.02. The van der Waals surface area contributed by atoms with Gasteiger partial charge in [0.2, 0.25) is 0 Å². The molecular weight excluding hydrogens is 348 g/mol. The molecule has 5 rings (SSSR count). The summed E-state index contributed by atoms with van der Waals surface area (Å²) in [6, 6.07) is 14.1. The Morgan fingerprint density at radius 2 is 2.23 bits per heavy atom. The van der Waals surface area contributed by atoms with Crippen molar-refractivity contribution in [3.63, 3.8) is 0 Å². The number of fused-ring (bicyclic) bond motifs is 2. The predicted molar refractivity (Wildman–Crippen MR) is 99.4 cm³/mol. The van der Waals surface area contributed by atoms with Gasteiger partial charge in [0.05, 0.1) is 12.2 Å². The van der Waals surface area contributed by atoms with Crippen LogP contribution in [0, 0.1) is 0 Å². The van der Waals surface area contributed by atoms with Gasteiger partial charge in [-0.15, -0.1) is 16.4 Å². The van der Waals surface area contributed by atoms with Crippen molar-refractivity contribution in [2.45, 2.75) is 13.2 Å². The molecule has 0 saturated heterocycles. The van der Waals surface area contributed by atoms with Gasteiger partial charge in [0.15, 0.2) is 0 Å². The largest absolute Gasteiger partial charge is 0.486 e. The summed E-state index contributed by atoms with van der Waals surface area (Å²) in [5.74, 6) is 0.767. The van der Waals surface area contributed by atoms with Gasteiger partial charge in [-0.05, 0) is 46.3 Å². The van der Waals surface area contributed by atoms with E-state index >= 15 is 0 Å². The first-order chi connectivity index (χ1) is 12.8. The zero-order chi connectivity index (χ0) is 17.5. The first-order valence-corrected chi connectivity index (χ1v) is 8.90. The van der Waals surface area contributed by atoms with Gasteiger partial charge >= 0.3 is 0 Å². The molecule has 1 aliphatic rings. The van der Waals surface area contributed by atoms with Gasteiger partial charge in [-0.2, -0.15) is 0 Å². The van der Waals surface area contributed by atoms with E-state index in [0.717, 1.165) is 39.2 Å². The molecule has 126 valence electrons. The molecule has 4 aromatic rings. The number of rotatable bonds is 3. The number of aromatic nitrogens is 3. The van der Waals surface area contributed by atoms with E-state index in [1.807, 2.05) is 41.1 Å². The van der Waals surface area contributed by atoms with E-state index in [1.165, 1.54) is 4.88 Å². The van der Waals surface area contributed by atoms with Crippen LogP contribution < -0.4 is 4.74 Å². The van der Waals surface area contributed by atoms with Crippen molar-refractivity contribution >= 4 is 22.4 Å². The van der Waals surface area contributed by atoms with Gasteiger partial charge < -0.3 is 4.74 Å². The van der Waals surface area contributed by atoms with Crippen molar-refractivity contribution in [2.24, 2.45) is 5.11 Å². The molecule has 8 heteroatoms. The van der Waals surface area contributed by atoms with E-state index in [1.54, 1.807) is 11.3 Å². The Bertz CT molecular complexity index is 1170. The third-order valence-electron chi connectivity index (χ3n) is 4.39. The maximum atomic E-state index is 8.52. The molecule has 3 heterocycles. The smallest absolute Gasteiger partial charge is 0.148 e. The Labute approximate surface area is 152 Å². The summed E-state index contributed by atoms with van der Waals surface area (Å²) in [4.78, 5) is 3.98. The minimum Gasteiger partial charge on any atom is -0.486 e. The van der Waals surface area contributed by atoms with Crippen LogP contribution in [0.3, 0.4) is 0 Å². The van der Waals surface area contributed by atoms with Gasteiger partial charge in [0.1, 0.15) is 23.4 Å². The fourth-order valence-electron chi connectivity index (χ4n) is 3.21. The van der Waals surface area contributed by atoms with E-state index < -0.39 is 0 Å². The average Bonchev–Trinajstić information content (AvgIpc) is 3.31. The molecule has 0 bridgehead atoms. The van der Waals surface area contributed by atoms with Gasteiger partial charge in [-0.25, -0.2) is 4.68 Å². The Hall–Kier alpha value is -3.35. The number of benzene rings is 2. The number of azide groups is 1. The molecule has 0 fully saturated rings. The summed E-state index contributed by atoms with van der Waals surface area (Å²) >= 11 is 1.68. The van der Waals surface area contributed by atoms with Crippen molar-refractivity contribution in [3.8, 4) is 21.9 Å². The van der Waals surface area contributed by atoms with Gasteiger partial charge in [0, 0.05) is 15.4 Å². The topological polar surface area (TPSA) is 88.7 Å². The molecule has 0 amide bonds. The molecule has 2 aromatic carbocycles. The van der Waals surface area contributed by atoms with Crippen molar-refractivity contribution in [1.82, 2.24) is 15.0 Å². The van der Waals surface area contributed by atoms with E-state index in [9.17, 15) is 0 Å². The van der Waals surface area contributed by atoms with Gasteiger partial charge in [0.25, 0.3) is 0 Å². The second kappa shape index (κ2) is 5.87. The Balaban J connectivity index is 1.66. The van der Waals surface area contributed by atoms with Crippen molar-refractivity contribution in [2.75, 3.05) is 0 Å². The maximum Gasteiger partial charge on any atom is 0.148 e. The summed E-state index contributed by atoms with van der Waals surface area (Å²) in [5.41, 5.74) is 14.1. The van der Waals surface area contributed by atoms with Crippen LogP contribution >= 0.6 is 11.3 Å². The van der Waals surface area contributed by atoms with Crippen LogP contribution in [0.2, 0.25) is 0 Å². The fourth-order valence-corrected chi connectivity index (χ4v) is 3.93. The highest BCUT2D eigenvalue weighted by molar-refractivity contribution is 7.13. The minimum atomic E-state index is 0.312. The second-order valence-corrected chi connectivity index (χ2v) is 6.91. The number of hydrogen-bond donors (Lipinski definition) is 0. The number of ether oxygens (including phenoxy) is 1. The van der Waals surface area contributed by atoms with Crippen molar-refractivity contribution in [1.29, 1.82) is 0 Å². The quantitative estimate of drug-likeness (QED) is 0.297. The van der Waals surface area contributed by atoms with E-state index in [-0.39, 0.29) is 0 Å². The standard InChI is InChI=1S/C18H12N6OS/c19-22-20-9-11-3-4-15-13(6-11)10-25-16-8-12(17-2-1-5-26-17)7-14-18(16)24(15)23-21-14/h1-8H,9-10H2. The summed E-state index contributed by atoms with van der Waals surface area (Å²) in [6.07, 6.45) is 0. The third-order valence-corrected chi connectivity index (χ3v) is 5.30. The Morgan fingerprint density at radius 1 is 1.27 bits per heavy atom. The first kappa shape index (κ1) is 14.9. The SMILES string of the molecule is [N-]=[N+]=NCc1ccc2c(c1)COc1cc(-c3cccs3)cc3nnn-2c13. The van der Waals surface area contributed by atoms with Crippen LogP contribution in [0.5, 0.6) is 5.75 Å². The van der Waals surface area contributed by atoms with E-state index in [4.69, 9.17) is 10.3 Å². The summed E-state index contributed by atoms with van der Waals surface area (Å²) in [6.45, 7) is 0.734. The van der Waals surface area contributed by atoms with Crippen LogP contribution in [0.25, 0.3) is 37.6 Å². The number of thiophene rings is 1. The predicted octanol–water partition coefficient (Wildman–Crippen LogP) is 4.85. The van der Waals surface area contributed by atoms with Crippen LogP contribution in [0.4, 0.5) is 0 Å². The van der Waals surface area contributed by atoms with Crippen LogP contribution in [0.1, 0.15) is 11.1 Å². The molecule has 0 atom stereocenters. The highest BCUT2D eigenvalue weighted by Crippen LogP contribution is 2.37. The summed E-state index contributed by atoms with van der Waals surface area (Å²) in [5, 5.41) is 14.4. The monoisotopic (exact) mass is 360 g/mol. The lowest BCUT2D eigenvalue weighted by Crippen LogP contribution is -2.01. The molecule has 0 unspecified atom stereocenters. The molecule has 2 aromatic heterocycles.